The van der Waals surface area contributed by atoms with Crippen LogP contribution in [0.15, 0.2) is 104 Å². The first-order valence-corrected chi connectivity index (χ1v) is 25.7. The molecule has 4 saturated heterocycles. The molecule has 0 amide bonds. The molecule has 13 N–H and O–H groups in total. The minimum Gasteiger partial charge on any atom is -0.393 e. The van der Waals surface area contributed by atoms with Crippen LogP contribution in [0.2, 0.25) is 0 Å². The van der Waals surface area contributed by atoms with Crippen molar-refractivity contribution in [2.75, 3.05) is 6.61 Å². The Morgan fingerprint density at radius 3 is 1.44 bits per heavy atom. The number of hydrogen-bond acceptors (Lipinski definition) is 24. The molecule has 0 bridgehead atoms. The Morgan fingerprint density at radius 1 is 0.577 bits per heavy atom. The molecule has 6 unspecified atom stereocenters. The van der Waals surface area contributed by atoms with Gasteiger partial charge >= 0.3 is 42.7 Å². The molecule has 0 spiro atoms. The summed E-state index contributed by atoms with van der Waals surface area (Å²) in [4.78, 5) is 97.0. The first kappa shape index (κ1) is 54.6. The number of phosphoric acid groups is 4. The van der Waals surface area contributed by atoms with Crippen molar-refractivity contribution in [2.45, 2.75) is 79.5 Å². The molecule has 0 aliphatic carbocycles. The Balaban J connectivity index is 0.000000233. The number of H-pyrrole nitrogens is 2. The van der Waals surface area contributed by atoms with Crippen LogP contribution in [0.4, 0.5) is 0 Å². The van der Waals surface area contributed by atoms with Crippen molar-refractivity contribution in [2.24, 2.45) is 0 Å². The fourth-order valence-corrected chi connectivity index (χ4v) is 11.9. The van der Waals surface area contributed by atoms with Crippen LogP contribution in [-0.2, 0) is 77.0 Å². The summed E-state index contributed by atoms with van der Waals surface area (Å²) in [6.45, 7) is -0.700. The van der Waals surface area contributed by atoms with Crippen LogP contribution in [0.25, 0.3) is 0 Å². The van der Waals surface area contributed by atoms with Crippen molar-refractivity contribution >= 4 is 31.3 Å². The molecule has 4 aromatic rings. The predicted octanol–water partition coefficient (Wildman–Crippen LogP) is -3.38. The predicted molar refractivity (Wildman–Crippen MR) is 221 cm³/mol. The third-order valence-electron chi connectivity index (χ3n) is 10.3. The van der Waals surface area contributed by atoms with Gasteiger partial charge in [0.15, 0.2) is 37.4 Å². The number of aliphatic hydroxyl groups excluding tert-OH is 2. The van der Waals surface area contributed by atoms with Gasteiger partial charge in [0, 0.05) is 37.4 Å². The van der Waals surface area contributed by atoms with E-state index in [1.165, 1.54) is 0 Å². The minimum atomic E-state index is -6.30. The Kier molecular flexibility index (Phi) is 15.4. The largest absolute Gasteiger partial charge is 0.490 e. The molecule has 4 fully saturated rings. The Bertz CT molecular complexity index is 3030. The van der Waals surface area contributed by atoms with E-state index in [1.807, 2.05) is 40.3 Å². The zero-order valence-corrected chi connectivity index (χ0v) is 38.8. The molecule has 4 aliphatic heterocycles. The molecular weight excluding hydrogens is 1050 g/mol. The number of hydrogen-bond donors (Lipinski definition) is 13. The SMILES string of the molecule is O=c1ccn([C@@H]2O[C@H](C(O)OP(=O)(O)OP(=O)(O)OP(=O)(O)OP(=O)(O)O)[C@]3(O)OC(Cc4ccccc4)O[C@]23O)c(=O)[nH]1.O=c1ccn([C@@H]2O[C@H](CO)[C@]3(O)OC(Cc4ccccc4)O[C@]23O)c(=O)[nH]1. The highest BCUT2D eigenvalue weighted by atomic mass is 31.3. The first-order chi connectivity index (χ1) is 32.9. The van der Waals surface area contributed by atoms with Gasteiger partial charge in [0.25, 0.3) is 34.3 Å². The van der Waals surface area contributed by atoms with E-state index in [9.17, 15) is 82.8 Å². The second kappa shape index (κ2) is 20.0. The van der Waals surface area contributed by atoms with E-state index in [2.05, 4.69) is 17.5 Å². The van der Waals surface area contributed by atoms with Crippen molar-refractivity contribution in [3.63, 3.8) is 0 Å². The van der Waals surface area contributed by atoms with E-state index in [-0.39, 0.29) is 12.8 Å². The second-order valence-corrected chi connectivity index (χ2v) is 21.2. The van der Waals surface area contributed by atoms with E-state index >= 15 is 0 Å². The Labute approximate surface area is 393 Å². The van der Waals surface area contributed by atoms with Crippen LogP contribution in [0.3, 0.4) is 0 Å². The van der Waals surface area contributed by atoms with Gasteiger partial charge in [-0.25, -0.2) is 27.8 Å². The third kappa shape index (κ3) is 11.5. The molecule has 2 aromatic heterocycles. The number of benzene rings is 2. The summed E-state index contributed by atoms with van der Waals surface area (Å²) in [7, 11) is -24.4. The van der Waals surface area contributed by atoms with Gasteiger partial charge < -0.3 is 83.5 Å². The van der Waals surface area contributed by atoms with E-state index < -0.39 is 127 Å². The first-order valence-electron chi connectivity index (χ1n) is 19.7. The lowest BCUT2D eigenvalue weighted by Gasteiger charge is -2.32. The number of ether oxygens (including phenoxy) is 6. The number of aromatic nitrogens is 4. The molecule has 71 heavy (non-hydrogen) atoms. The highest BCUT2D eigenvalue weighted by molar-refractivity contribution is 7.69. The van der Waals surface area contributed by atoms with Crippen LogP contribution in [0, 0.1) is 0 Å². The average Bonchev–Trinajstić information content (AvgIpc) is 3.80. The average molecular weight is 1090 g/mol. The summed E-state index contributed by atoms with van der Waals surface area (Å²) in [5.41, 5.74) is -2.31. The number of aromatic amines is 2. The maximum atomic E-state index is 12.5. The number of nitrogens with zero attached hydrogens (tertiary/aromatic N) is 2. The molecule has 33 nitrogen and oxygen atoms in total. The highest BCUT2D eigenvalue weighted by Gasteiger charge is 2.77. The lowest BCUT2D eigenvalue weighted by molar-refractivity contribution is -0.304. The van der Waals surface area contributed by atoms with Gasteiger partial charge in [-0.15, -0.1) is 0 Å². The second-order valence-electron chi connectivity index (χ2n) is 15.2. The fraction of sp³-hybridized carbons (Fsp3) is 0.412. The molecule has 2 aromatic carbocycles. The summed E-state index contributed by atoms with van der Waals surface area (Å²) in [5.74, 6) is -11.3. The van der Waals surface area contributed by atoms with Gasteiger partial charge in [-0.2, -0.15) is 12.9 Å². The molecule has 37 heteroatoms. The molecule has 6 heterocycles. The van der Waals surface area contributed by atoms with Crippen LogP contribution in [0.5, 0.6) is 0 Å². The molecular formula is C34H40N4O29P4. The summed E-state index contributed by atoms with van der Waals surface area (Å²) in [6.07, 6.45) is -11.4. The smallest absolute Gasteiger partial charge is 0.393 e. The molecule has 0 radical (unpaired) electrons. The van der Waals surface area contributed by atoms with Crippen molar-refractivity contribution in [3.8, 4) is 0 Å². The minimum absolute atomic E-state index is 0.188. The summed E-state index contributed by atoms with van der Waals surface area (Å²) < 4.78 is 95.3. The van der Waals surface area contributed by atoms with Crippen molar-refractivity contribution in [1.29, 1.82) is 0 Å². The van der Waals surface area contributed by atoms with E-state index in [0.717, 1.165) is 34.7 Å². The lowest BCUT2D eigenvalue weighted by atomic mass is 10.0. The fourth-order valence-electron chi connectivity index (χ4n) is 7.47. The molecule has 0 saturated carbocycles. The normalized spacial score (nSPS) is 33.2. The van der Waals surface area contributed by atoms with Crippen LogP contribution >= 0.6 is 31.3 Å². The molecule has 14 atom stereocenters. The summed E-state index contributed by atoms with van der Waals surface area (Å²) in [6, 6.07) is 19.0. The van der Waals surface area contributed by atoms with E-state index in [1.54, 1.807) is 30.3 Å². The van der Waals surface area contributed by atoms with Gasteiger partial charge in [-0.05, 0) is 11.1 Å². The molecule has 4 aliphatic rings. The van der Waals surface area contributed by atoms with Crippen molar-refractivity contribution in [3.05, 3.63) is 138 Å². The zero-order valence-electron chi connectivity index (χ0n) is 35.2. The number of rotatable bonds is 16. The summed E-state index contributed by atoms with van der Waals surface area (Å²) in [5, 5.41) is 64.9. The number of aliphatic hydroxyl groups is 6. The van der Waals surface area contributed by atoms with Crippen molar-refractivity contribution in [1.82, 2.24) is 19.1 Å². The van der Waals surface area contributed by atoms with Crippen molar-refractivity contribution < 1.29 is 119 Å². The Hall–Kier alpha value is -4.12. The standard InChI is InChI=1S/C17H22N2O21P4.C17H18N2O8/c20-10-6-7-19(15(22)18-10)14-17(24)16(23,35-11(36-17)8-9-4-2-1-3-5-9)12(34-14)13(21)37-42(28,29)39-44(32,33)40-43(30,31)38-41(25,26)27;20-9-11-16(23)17(24,14(25-11)19-7-6-12(21)18-15(19)22)27-13(26-16)8-10-4-2-1-3-5-10/h1-7,11-14,21,23-24H,8H2,(H,28,29)(H,30,31)(H,32,33)(H,18,20,22)(H2,25,26,27);1-7,11,13-14,20,23-24H,8-9H2,(H,18,21,22)/t11?,12-,13?,14-,16+,17-;11-,13?,14-,16+,17-/m11/s1. The maximum Gasteiger partial charge on any atom is 0.490 e. The topological polar surface area (TPSA) is 493 Å². The molecule has 8 rings (SSSR count). The number of phosphoric ester groups is 1. The van der Waals surface area contributed by atoms with Crippen LogP contribution < -0.4 is 22.5 Å². The van der Waals surface area contributed by atoms with Gasteiger partial charge in [-0.1, -0.05) is 60.7 Å². The van der Waals surface area contributed by atoms with Crippen LogP contribution in [-0.4, -0.2) is 135 Å². The van der Waals surface area contributed by atoms with Gasteiger partial charge in [0.05, 0.1) is 6.61 Å². The van der Waals surface area contributed by atoms with E-state index in [4.69, 9.17) is 38.2 Å². The third-order valence-corrected chi connectivity index (χ3v) is 15.8. The zero-order chi connectivity index (χ0) is 52.2. The van der Waals surface area contributed by atoms with Gasteiger partial charge in [0.2, 0.25) is 0 Å². The lowest BCUT2D eigenvalue weighted by Crippen LogP contribution is -2.59. The number of fused-ring (bicyclic) bond motifs is 2. The van der Waals surface area contributed by atoms with Crippen LogP contribution in [0.1, 0.15) is 23.6 Å². The maximum absolute atomic E-state index is 12.5. The quantitative estimate of drug-likeness (QED) is 0.0385. The van der Waals surface area contributed by atoms with Gasteiger partial charge in [-0.3, -0.25) is 33.2 Å². The van der Waals surface area contributed by atoms with Gasteiger partial charge in [0.1, 0.15) is 6.10 Å². The summed E-state index contributed by atoms with van der Waals surface area (Å²) >= 11 is 0. The Morgan fingerprint density at radius 2 is 0.986 bits per heavy atom. The van der Waals surface area contributed by atoms with E-state index in [0.29, 0.717) is 10.1 Å². The molecule has 390 valence electrons. The number of nitrogens with one attached hydrogen (secondary N) is 2. The monoisotopic (exact) mass is 1090 g/mol. The highest BCUT2D eigenvalue weighted by Crippen LogP contribution is 2.71.